The topological polar surface area (TPSA) is 73.1 Å². The first-order valence-electron chi connectivity index (χ1n) is 4.98. The molecular weight excluding hydrogens is 192 g/mol. The third-order valence-electron chi connectivity index (χ3n) is 2.02. The first kappa shape index (κ1) is 11.7. The highest BCUT2D eigenvalue weighted by atomic mass is 16.5. The molecule has 5 heteroatoms. The van der Waals surface area contributed by atoms with E-state index < -0.39 is 0 Å². The third kappa shape index (κ3) is 4.12. The van der Waals surface area contributed by atoms with Crippen LogP contribution >= 0.6 is 0 Å². The van der Waals surface area contributed by atoms with Crippen molar-refractivity contribution in [3.63, 3.8) is 0 Å². The van der Waals surface area contributed by atoms with Gasteiger partial charge in [-0.25, -0.2) is 4.98 Å². The zero-order valence-electron chi connectivity index (χ0n) is 9.45. The van der Waals surface area contributed by atoms with Gasteiger partial charge in [0.05, 0.1) is 0 Å². The van der Waals surface area contributed by atoms with Crippen LogP contribution in [0.4, 0.5) is 11.8 Å². The fourth-order valence-corrected chi connectivity index (χ4v) is 1.28. The largest absolute Gasteiger partial charge is 0.385 e. The molecule has 3 N–H and O–H groups in total. The Labute approximate surface area is 90.1 Å². The molecule has 0 aliphatic heterocycles. The highest BCUT2D eigenvalue weighted by molar-refractivity contribution is 5.40. The standard InChI is InChI=1S/C10H18N4O/c1-7(4-5-15-3)12-9-6-8(2)13-10(11)14-9/h6-7H,4-5H2,1-3H3,(H3,11,12,13,14). The number of anilines is 2. The Kier molecular flexibility index (Phi) is 4.30. The number of aromatic nitrogens is 2. The Bertz CT molecular complexity index is 296. The van der Waals surface area contributed by atoms with Crippen LogP contribution in [-0.4, -0.2) is 29.7 Å². The minimum absolute atomic E-state index is 0.302. The molecule has 1 atom stereocenters. The van der Waals surface area contributed by atoms with Gasteiger partial charge in [-0.3, -0.25) is 0 Å². The van der Waals surface area contributed by atoms with Gasteiger partial charge in [-0.2, -0.15) is 4.98 Å². The van der Waals surface area contributed by atoms with E-state index in [1.54, 1.807) is 7.11 Å². The number of rotatable bonds is 5. The maximum absolute atomic E-state index is 5.55. The van der Waals surface area contributed by atoms with Gasteiger partial charge in [-0.1, -0.05) is 0 Å². The average molecular weight is 210 g/mol. The molecule has 0 aliphatic rings. The van der Waals surface area contributed by atoms with Crippen molar-refractivity contribution in [1.29, 1.82) is 0 Å². The van der Waals surface area contributed by atoms with Gasteiger partial charge < -0.3 is 15.8 Å². The van der Waals surface area contributed by atoms with Crippen LogP contribution < -0.4 is 11.1 Å². The zero-order valence-corrected chi connectivity index (χ0v) is 9.45. The van der Waals surface area contributed by atoms with Gasteiger partial charge in [-0.15, -0.1) is 0 Å². The van der Waals surface area contributed by atoms with Crippen molar-refractivity contribution in [3.8, 4) is 0 Å². The van der Waals surface area contributed by atoms with Crippen molar-refractivity contribution in [1.82, 2.24) is 9.97 Å². The fourth-order valence-electron chi connectivity index (χ4n) is 1.28. The van der Waals surface area contributed by atoms with E-state index in [0.717, 1.165) is 24.5 Å². The molecule has 1 aromatic rings. The smallest absolute Gasteiger partial charge is 0.222 e. The van der Waals surface area contributed by atoms with Crippen molar-refractivity contribution >= 4 is 11.8 Å². The van der Waals surface area contributed by atoms with Crippen molar-refractivity contribution in [3.05, 3.63) is 11.8 Å². The summed E-state index contributed by atoms with van der Waals surface area (Å²) in [5.74, 6) is 1.07. The Morgan fingerprint density at radius 3 is 2.87 bits per heavy atom. The van der Waals surface area contributed by atoms with Gasteiger partial charge in [0.15, 0.2) is 0 Å². The van der Waals surface area contributed by atoms with Crippen molar-refractivity contribution in [2.75, 3.05) is 24.8 Å². The van der Waals surface area contributed by atoms with E-state index >= 15 is 0 Å². The molecule has 0 saturated carbocycles. The number of hydrogen-bond donors (Lipinski definition) is 2. The van der Waals surface area contributed by atoms with E-state index in [1.165, 1.54) is 0 Å². The van der Waals surface area contributed by atoms with Crippen molar-refractivity contribution < 1.29 is 4.74 Å². The summed E-state index contributed by atoms with van der Waals surface area (Å²) < 4.78 is 5.00. The molecule has 0 aromatic carbocycles. The van der Waals surface area contributed by atoms with Crippen LogP contribution in [0.15, 0.2) is 6.07 Å². The Balaban J connectivity index is 2.56. The lowest BCUT2D eigenvalue weighted by Gasteiger charge is -2.14. The first-order chi connectivity index (χ1) is 7.11. The summed E-state index contributed by atoms with van der Waals surface area (Å²) in [4.78, 5) is 8.10. The van der Waals surface area contributed by atoms with Gasteiger partial charge in [-0.05, 0) is 20.3 Å². The lowest BCUT2D eigenvalue weighted by molar-refractivity contribution is 0.191. The summed E-state index contributed by atoms with van der Waals surface area (Å²) in [7, 11) is 1.69. The van der Waals surface area contributed by atoms with Crippen molar-refractivity contribution in [2.45, 2.75) is 26.3 Å². The van der Waals surface area contributed by atoms with Crippen LogP contribution in [0.2, 0.25) is 0 Å². The quantitative estimate of drug-likeness (QED) is 0.764. The molecule has 0 radical (unpaired) electrons. The summed E-state index contributed by atoms with van der Waals surface area (Å²) in [5, 5.41) is 3.25. The second kappa shape index (κ2) is 5.50. The van der Waals surface area contributed by atoms with E-state index in [1.807, 2.05) is 13.0 Å². The van der Waals surface area contributed by atoms with Crippen LogP contribution in [-0.2, 0) is 4.74 Å². The number of hydrogen-bond acceptors (Lipinski definition) is 5. The molecule has 1 aromatic heterocycles. The van der Waals surface area contributed by atoms with E-state index in [9.17, 15) is 0 Å². The zero-order chi connectivity index (χ0) is 11.3. The number of aryl methyl sites for hydroxylation is 1. The number of ether oxygens (including phenoxy) is 1. The van der Waals surface area contributed by atoms with Gasteiger partial charge in [0.25, 0.3) is 0 Å². The van der Waals surface area contributed by atoms with Crippen LogP contribution in [0.5, 0.6) is 0 Å². The lowest BCUT2D eigenvalue weighted by Crippen LogP contribution is -2.18. The molecule has 1 heterocycles. The van der Waals surface area contributed by atoms with E-state index in [-0.39, 0.29) is 0 Å². The molecule has 0 bridgehead atoms. The number of nitrogens with two attached hydrogens (primary N) is 1. The molecule has 0 amide bonds. The van der Waals surface area contributed by atoms with Crippen LogP contribution in [0, 0.1) is 6.92 Å². The Morgan fingerprint density at radius 1 is 1.53 bits per heavy atom. The molecule has 0 fully saturated rings. The number of nitrogens with zero attached hydrogens (tertiary/aromatic N) is 2. The summed E-state index contributed by atoms with van der Waals surface area (Å²) in [5.41, 5.74) is 6.41. The molecule has 15 heavy (non-hydrogen) atoms. The molecule has 0 spiro atoms. The number of nitrogens with one attached hydrogen (secondary N) is 1. The van der Waals surface area contributed by atoms with Crippen LogP contribution in [0.1, 0.15) is 19.0 Å². The summed E-state index contributed by atoms with van der Waals surface area (Å²) in [6.07, 6.45) is 0.930. The molecule has 0 saturated heterocycles. The van der Waals surface area contributed by atoms with Crippen LogP contribution in [0.3, 0.4) is 0 Å². The summed E-state index contributed by atoms with van der Waals surface area (Å²) in [6.45, 7) is 4.70. The molecule has 1 unspecified atom stereocenters. The highest BCUT2D eigenvalue weighted by Gasteiger charge is 2.04. The highest BCUT2D eigenvalue weighted by Crippen LogP contribution is 2.09. The number of nitrogen functional groups attached to an aromatic ring is 1. The second-order valence-electron chi connectivity index (χ2n) is 3.58. The fraction of sp³-hybridized carbons (Fsp3) is 0.600. The Morgan fingerprint density at radius 2 is 2.27 bits per heavy atom. The second-order valence-corrected chi connectivity index (χ2v) is 3.58. The normalized spacial score (nSPS) is 12.5. The summed E-state index contributed by atoms with van der Waals surface area (Å²) in [6, 6.07) is 2.18. The minimum Gasteiger partial charge on any atom is -0.385 e. The maximum Gasteiger partial charge on any atom is 0.222 e. The molecular formula is C10H18N4O. The minimum atomic E-state index is 0.302. The lowest BCUT2D eigenvalue weighted by atomic mass is 10.2. The average Bonchev–Trinajstić information content (AvgIpc) is 2.13. The molecule has 84 valence electrons. The van der Waals surface area contributed by atoms with Crippen LogP contribution in [0.25, 0.3) is 0 Å². The van der Waals surface area contributed by atoms with E-state index in [0.29, 0.717) is 12.0 Å². The van der Waals surface area contributed by atoms with Gasteiger partial charge in [0.1, 0.15) is 5.82 Å². The van der Waals surface area contributed by atoms with Crippen molar-refractivity contribution in [2.24, 2.45) is 0 Å². The predicted octanol–water partition coefficient (Wildman–Crippen LogP) is 1.20. The monoisotopic (exact) mass is 210 g/mol. The number of methoxy groups -OCH3 is 1. The van der Waals surface area contributed by atoms with Gasteiger partial charge >= 0.3 is 0 Å². The predicted molar refractivity (Wildman–Crippen MR) is 60.8 cm³/mol. The van der Waals surface area contributed by atoms with E-state index in [4.69, 9.17) is 10.5 Å². The van der Waals surface area contributed by atoms with E-state index in [2.05, 4.69) is 22.2 Å². The molecule has 0 aliphatic carbocycles. The van der Waals surface area contributed by atoms with Gasteiger partial charge in [0.2, 0.25) is 5.95 Å². The summed E-state index contributed by atoms with van der Waals surface area (Å²) >= 11 is 0. The maximum atomic E-state index is 5.55. The third-order valence-corrected chi connectivity index (χ3v) is 2.02. The molecule has 1 rings (SSSR count). The van der Waals surface area contributed by atoms with Gasteiger partial charge in [0, 0.05) is 31.5 Å². The first-order valence-corrected chi connectivity index (χ1v) is 4.98. The Hall–Kier alpha value is -1.36. The SMILES string of the molecule is COCCC(C)Nc1cc(C)nc(N)n1. The molecule has 5 nitrogen and oxygen atoms in total.